The molecule has 0 radical (unpaired) electrons. The van der Waals surface area contributed by atoms with Crippen LogP contribution in [0.15, 0.2) is 48.0 Å². The monoisotopic (exact) mass is 212 g/mol. The summed E-state index contributed by atoms with van der Waals surface area (Å²) in [6, 6.07) is 9.64. The molecule has 1 rings (SSSR count). The standard InChI is InChI=1S/C11H10Cl2/c1-2-6-10(12)11(13)9-7-4-3-5-8-9/h2-5,7-8H,1,6H2/b11-10-. The van der Waals surface area contributed by atoms with E-state index in [4.69, 9.17) is 23.2 Å². The molecule has 0 aliphatic heterocycles. The van der Waals surface area contributed by atoms with Gasteiger partial charge in [0.15, 0.2) is 0 Å². The van der Waals surface area contributed by atoms with Crippen molar-refractivity contribution in [1.82, 2.24) is 0 Å². The van der Waals surface area contributed by atoms with Gasteiger partial charge in [-0.05, 0) is 5.56 Å². The predicted octanol–water partition coefficient (Wildman–Crippen LogP) is 4.41. The molecule has 0 N–H and O–H groups in total. The topological polar surface area (TPSA) is 0 Å². The average Bonchev–Trinajstić information content (AvgIpc) is 2.18. The van der Waals surface area contributed by atoms with Crippen molar-refractivity contribution in [2.45, 2.75) is 6.42 Å². The van der Waals surface area contributed by atoms with Crippen LogP contribution >= 0.6 is 23.2 Å². The number of rotatable bonds is 3. The van der Waals surface area contributed by atoms with Gasteiger partial charge in [0.05, 0.1) is 5.03 Å². The van der Waals surface area contributed by atoms with E-state index in [0.717, 1.165) is 5.56 Å². The van der Waals surface area contributed by atoms with E-state index >= 15 is 0 Å². The van der Waals surface area contributed by atoms with Crippen molar-refractivity contribution in [3.8, 4) is 0 Å². The van der Waals surface area contributed by atoms with Crippen LogP contribution in [0.1, 0.15) is 12.0 Å². The largest absolute Gasteiger partial charge is 0.103 e. The molecule has 0 atom stereocenters. The number of halogens is 2. The molecule has 0 aliphatic carbocycles. The molecule has 0 bridgehead atoms. The average molecular weight is 213 g/mol. The molecule has 68 valence electrons. The molecule has 0 amide bonds. The van der Waals surface area contributed by atoms with E-state index < -0.39 is 0 Å². The van der Waals surface area contributed by atoms with Crippen molar-refractivity contribution in [2.24, 2.45) is 0 Å². The van der Waals surface area contributed by atoms with Gasteiger partial charge in [-0.2, -0.15) is 0 Å². The molecule has 0 unspecified atom stereocenters. The third kappa shape index (κ3) is 2.91. The fourth-order valence-corrected chi connectivity index (χ4v) is 1.38. The quantitative estimate of drug-likeness (QED) is 0.652. The van der Waals surface area contributed by atoms with E-state index in [2.05, 4.69) is 6.58 Å². The lowest BCUT2D eigenvalue weighted by atomic mass is 10.2. The van der Waals surface area contributed by atoms with Gasteiger partial charge in [-0.25, -0.2) is 0 Å². The van der Waals surface area contributed by atoms with Gasteiger partial charge in [0, 0.05) is 11.5 Å². The highest BCUT2D eigenvalue weighted by Crippen LogP contribution is 2.27. The molecule has 0 aliphatic rings. The van der Waals surface area contributed by atoms with Gasteiger partial charge < -0.3 is 0 Å². The predicted molar refractivity (Wildman–Crippen MR) is 59.9 cm³/mol. The number of hydrogen-bond acceptors (Lipinski definition) is 0. The molecule has 0 aromatic heterocycles. The van der Waals surface area contributed by atoms with Crippen LogP contribution in [-0.4, -0.2) is 0 Å². The molecule has 1 aromatic rings. The third-order valence-corrected chi connectivity index (χ3v) is 2.48. The minimum Gasteiger partial charge on any atom is -0.103 e. The second-order valence-corrected chi connectivity index (χ2v) is 3.41. The van der Waals surface area contributed by atoms with Crippen molar-refractivity contribution in [1.29, 1.82) is 0 Å². The zero-order valence-corrected chi connectivity index (χ0v) is 8.65. The SMILES string of the molecule is C=CC/C(Cl)=C(/Cl)c1ccccc1. The molecule has 0 fully saturated rings. The highest BCUT2D eigenvalue weighted by atomic mass is 35.5. The lowest BCUT2D eigenvalue weighted by Gasteiger charge is -2.01. The summed E-state index contributed by atoms with van der Waals surface area (Å²) in [5.74, 6) is 0. The first-order chi connectivity index (χ1) is 6.25. The fraction of sp³-hybridized carbons (Fsp3) is 0.0909. The van der Waals surface area contributed by atoms with Crippen molar-refractivity contribution in [3.05, 3.63) is 53.6 Å². The molecule has 1 aromatic carbocycles. The van der Waals surface area contributed by atoms with E-state index in [9.17, 15) is 0 Å². The zero-order valence-electron chi connectivity index (χ0n) is 7.13. The van der Waals surface area contributed by atoms with Crippen LogP contribution < -0.4 is 0 Å². The third-order valence-electron chi connectivity index (χ3n) is 1.59. The van der Waals surface area contributed by atoms with E-state index in [1.165, 1.54) is 0 Å². The molecule has 13 heavy (non-hydrogen) atoms. The lowest BCUT2D eigenvalue weighted by molar-refractivity contribution is 1.37. The summed E-state index contributed by atoms with van der Waals surface area (Å²) >= 11 is 12.0. The van der Waals surface area contributed by atoms with Crippen LogP contribution in [0, 0.1) is 0 Å². The zero-order chi connectivity index (χ0) is 9.68. The normalized spacial score (nSPS) is 12.2. The van der Waals surface area contributed by atoms with Crippen molar-refractivity contribution in [3.63, 3.8) is 0 Å². The minimum atomic E-state index is 0.599. The van der Waals surface area contributed by atoms with E-state index in [-0.39, 0.29) is 0 Å². The maximum absolute atomic E-state index is 6.04. The van der Waals surface area contributed by atoms with Gasteiger partial charge in [0.1, 0.15) is 0 Å². The number of benzene rings is 1. The highest BCUT2D eigenvalue weighted by molar-refractivity contribution is 6.54. The molecule has 0 saturated carbocycles. The summed E-state index contributed by atoms with van der Waals surface area (Å²) in [7, 11) is 0. The Bertz CT molecular complexity index is 312. The maximum atomic E-state index is 6.04. The van der Waals surface area contributed by atoms with Gasteiger partial charge in [0.2, 0.25) is 0 Å². The number of allylic oxidation sites excluding steroid dienone is 2. The summed E-state index contributed by atoms with van der Waals surface area (Å²) in [5, 5.41) is 1.23. The van der Waals surface area contributed by atoms with Crippen LogP contribution in [0.25, 0.3) is 5.03 Å². The molecule has 0 nitrogen and oxygen atoms in total. The molecule has 0 spiro atoms. The summed E-state index contributed by atoms with van der Waals surface area (Å²) in [6.45, 7) is 3.60. The van der Waals surface area contributed by atoms with Gasteiger partial charge in [-0.15, -0.1) is 6.58 Å². The Balaban J connectivity index is 2.95. The van der Waals surface area contributed by atoms with Crippen LogP contribution in [0.4, 0.5) is 0 Å². The Morgan fingerprint density at radius 1 is 1.23 bits per heavy atom. The van der Waals surface area contributed by atoms with Crippen molar-refractivity contribution >= 4 is 28.2 Å². The lowest BCUT2D eigenvalue weighted by Crippen LogP contribution is -1.79. The highest BCUT2D eigenvalue weighted by Gasteiger charge is 2.01. The molecule has 2 heteroatoms. The van der Waals surface area contributed by atoms with Crippen LogP contribution in [-0.2, 0) is 0 Å². The Morgan fingerprint density at radius 3 is 2.38 bits per heavy atom. The minimum absolute atomic E-state index is 0.599. The smallest absolute Gasteiger partial charge is 0.0626 e. The number of hydrogen-bond donors (Lipinski definition) is 0. The fourth-order valence-electron chi connectivity index (χ4n) is 0.957. The molecular formula is C11H10Cl2. The van der Waals surface area contributed by atoms with Gasteiger partial charge in [0.25, 0.3) is 0 Å². The van der Waals surface area contributed by atoms with Crippen LogP contribution in [0.5, 0.6) is 0 Å². The molecule has 0 saturated heterocycles. The Morgan fingerprint density at radius 2 is 1.85 bits per heavy atom. The van der Waals surface area contributed by atoms with Gasteiger partial charge in [-0.3, -0.25) is 0 Å². The van der Waals surface area contributed by atoms with Crippen LogP contribution in [0.3, 0.4) is 0 Å². The first-order valence-corrected chi connectivity index (χ1v) is 4.71. The van der Waals surface area contributed by atoms with Crippen LogP contribution in [0.2, 0.25) is 0 Å². The summed E-state index contributed by atoms with van der Waals surface area (Å²) in [6.07, 6.45) is 2.34. The Kier molecular flexibility index (Phi) is 4.07. The van der Waals surface area contributed by atoms with Gasteiger partial charge in [-0.1, -0.05) is 59.6 Å². The molecular weight excluding hydrogens is 203 g/mol. The Hall–Kier alpha value is -0.720. The summed E-state index contributed by atoms with van der Waals surface area (Å²) in [4.78, 5) is 0. The second kappa shape index (κ2) is 5.11. The van der Waals surface area contributed by atoms with E-state index in [1.54, 1.807) is 6.08 Å². The summed E-state index contributed by atoms with van der Waals surface area (Å²) < 4.78 is 0. The first kappa shape index (κ1) is 10.4. The van der Waals surface area contributed by atoms with Crippen molar-refractivity contribution < 1.29 is 0 Å². The maximum Gasteiger partial charge on any atom is 0.0626 e. The summed E-state index contributed by atoms with van der Waals surface area (Å²) in [5.41, 5.74) is 0.941. The van der Waals surface area contributed by atoms with E-state index in [1.807, 2.05) is 30.3 Å². The van der Waals surface area contributed by atoms with Gasteiger partial charge >= 0.3 is 0 Å². The first-order valence-electron chi connectivity index (χ1n) is 3.96. The molecule has 0 heterocycles. The Labute approximate surface area is 88.5 Å². The second-order valence-electron chi connectivity index (χ2n) is 2.58. The van der Waals surface area contributed by atoms with Crippen molar-refractivity contribution in [2.75, 3.05) is 0 Å². The van der Waals surface area contributed by atoms with E-state index in [0.29, 0.717) is 16.5 Å².